The van der Waals surface area contributed by atoms with Gasteiger partial charge in [0, 0.05) is 31.4 Å². The largest absolute Gasteiger partial charge is 0.361 e. The second-order valence-electron chi connectivity index (χ2n) is 5.90. The Labute approximate surface area is 138 Å². The van der Waals surface area contributed by atoms with Gasteiger partial charge in [-0.15, -0.1) is 10.2 Å². The maximum Gasteiger partial charge on any atom is 0.228 e. The van der Waals surface area contributed by atoms with E-state index in [1.165, 1.54) is 0 Å². The summed E-state index contributed by atoms with van der Waals surface area (Å²) in [7, 11) is 3.84. The van der Waals surface area contributed by atoms with Crippen LogP contribution in [0.5, 0.6) is 0 Å². The maximum atomic E-state index is 12.0. The van der Waals surface area contributed by atoms with E-state index in [-0.39, 0.29) is 5.91 Å². The lowest BCUT2D eigenvalue weighted by atomic mass is 9.96. The van der Waals surface area contributed by atoms with Gasteiger partial charge in [0.05, 0.1) is 24.0 Å². The van der Waals surface area contributed by atoms with Gasteiger partial charge in [0.25, 0.3) is 0 Å². The van der Waals surface area contributed by atoms with E-state index < -0.39 is 0 Å². The second-order valence-corrected chi connectivity index (χ2v) is 5.90. The lowest BCUT2D eigenvalue weighted by Gasteiger charge is -2.13. The van der Waals surface area contributed by atoms with E-state index in [1.54, 1.807) is 6.20 Å². The first-order valence-corrected chi connectivity index (χ1v) is 7.60. The van der Waals surface area contributed by atoms with Gasteiger partial charge >= 0.3 is 0 Å². The van der Waals surface area contributed by atoms with E-state index in [0.29, 0.717) is 6.42 Å². The number of amides is 1. The standard InChI is InChI=1S/C17H16N6O/c1-23(2)15-6-5-14(21-22-15)12-4-3-11(10-8-18-19-9-10)13-7-16(24)20-17(12)13/h3-6,8-9H,7H2,1-2H3,(H,18,19)(H,20,24). The van der Waals surface area contributed by atoms with Crippen molar-refractivity contribution >= 4 is 17.4 Å². The van der Waals surface area contributed by atoms with Gasteiger partial charge in [-0.3, -0.25) is 9.89 Å². The summed E-state index contributed by atoms with van der Waals surface area (Å²) in [5.74, 6) is 0.773. The summed E-state index contributed by atoms with van der Waals surface area (Å²) >= 11 is 0. The van der Waals surface area contributed by atoms with Gasteiger partial charge in [-0.25, -0.2) is 0 Å². The monoisotopic (exact) mass is 320 g/mol. The molecule has 0 fully saturated rings. The molecular formula is C17H16N6O. The van der Waals surface area contributed by atoms with Crippen LogP contribution in [0.2, 0.25) is 0 Å². The molecule has 0 spiro atoms. The van der Waals surface area contributed by atoms with Crippen LogP contribution >= 0.6 is 0 Å². The Kier molecular flexibility index (Phi) is 3.26. The van der Waals surface area contributed by atoms with Crippen molar-refractivity contribution in [1.29, 1.82) is 0 Å². The van der Waals surface area contributed by atoms with Crippen molar-refractivity contribution in [2.45, 2.75) is 6.42 Å². The first kappa shape index (κ1) is 14.4. The second kappa shape index (κ2) is 5.45. The number of fused-ring (bicyclic) bond motifs is 1. The summed E-state index contributed by atoms with van der Waals surface area (Å²) in [5, 5.41) is 18.3. The average molecular weight is 320 g/mol. The number of aromatic amines is 1. The van der Waals surface area contributed by atoms with Crippen molar-refractivity contribution < 1.29 is 4.79 Å². The third-order valence-corrected chi connectivity index (χ3v) is 4.11. The number of benzene rings is 1. The van der Waals surface area contributed by atoms with Crippen LogP contribution in [-0.2, 0) is 11.2 Å². The van der Waals surface area contributed by atoms with Crippen LogP contribution in [-0.4, -0.2) is 40.4 Å². The van der Waals surface area contributed by atoms with Crippen molar-refractivity contribution in [2.75, 3.05) is 24.3 Å². The van der Waals surface area contributed by atoms with Gasteiger partial charge in [0.15, 0.2) is 5.82 Å². The van der Waals surface area contributed by atoms with Gasteiger partial charge in [-0.2, -0.15) is 5.10 Å². The van der Waals surface area contributed by atoms with Gasteiger partial charge in [0.2, 0.25) is 5.91 Å². The highest BCUT2D eigenvalue weighted by molar-refractivity contribution is 6.06. The molecule has 1 aliphatic rings. The minimum atomic E-state index is -0.0138. The molecule has 2 aromatic heterocycles. The summed E-state index contributed by atoms with van der Waals surface area (Å²) in [6.45, 7) is 0. The van der Waals surface area contributed by atoms with Crippen molar-refractivity contribution in [1.82, 2.24) is 20.4 Å². The smallest absolute Gasteiger partial charge is 0.228 e. The average Bonchev–Trinajstić information content (AvgIpc) is 3.22. The molecule has 0 aliphatic carbocycles. The maximum absolute atomic E-state index is 12.0. The van der Waals surface area contributed by atoms with Crippen molar-refractivity contribution in [2.24, 2.45) is 0 Å². The van der Waals surface area contributed by atoms with Gasteiger partial charge in [0.1, 0.15) is 0 Å². The zero-order valence-electron chi connectivity index (χ0n) is 13.4. The number of hydrogen-bond donors (Lipinski definition) is 2. The first-order chi connectivity index (χ1) is 11.6. The van der Waals surface area contributed by atoms with Crippen molar-refractivity contribution in [3.63, 3.8) is 0 Å². The Hall–Kier alpha value is -3.22. The highest BCUT2D eigenvalue weighted by atomic mass is 16.1. The molecule has 2 N–H and O–H groups in total. The number of nitrogens with zero attached hydrogens (tertiary/aromatic N) is 4. The molecule has 0 saturated carbocycles. The van der Waals surface area contributed by atoms with Crippen molar-refractivity contribution in [3.05, 3.63) is 42.2 Å². The fraction of sp³-hybridized carbons (Fsp3) is 0.176. The molecule has 1 aliphatic heterocycles. The molecule has 0 saturated heterocycles. The molecule has 0 radical (unpaired) electrons. The predicted octanol–water partition coefficient (Wildman–Crippen LogP) is 2.09. The number of H-pyrrole nitrogens is 1. The molecule has 3 aromatic rings. The van der Waals surface area contributed by atoms with Crippen LogP contribution in [0.15, 0.2) is 36.7 Å². The molecule has 7 heteroatoms. The SMILES string of the molecule is CN(C)c1ccc(-c2ccc(-c3cn[nH]c3)c3c2NC(=O)C3)nn1. The lowest BCUT2D eigenvalue weighted by molar-refractivity contribution is -0.115. The topological polar surface area (TPSA) is 86.8 Å². The first-order valence-electron chi connectivity index (χ1n) is 7.60. The number of aromatic nitrogens is 4. The van der Waals surface area contributed by atoms with E-state index in [2.05, 4.69) is 25.7 Å². The van der Waals surface area contributed by atoms with Crippen LogP contribution in [0.4, 0.5) is 11.5 Å². The van der Waals surface area contributed by atoms with Crippen LogP contribution in [0.1, 0.15) is 5.56 Å². The molecule has 24 heavy (non-hydrogen) atoms. The minimum Gasteiger partial charge on any atom is -0.361 e. The zero-order valence-corrected chi connectivity index (χ0v) is 13.4. The Morgan fingerprint density at radius 2 is 1.92 bits per heavy atom. The number of rotatable bonds is 3. The molecule has 120 valence electrons. The number of carbonyl (C=O) groups is 1. The molecule has 0 atom stereocenters. The summed E-state index contributed by atoms with van der Waals surface area (Å²) < 4.78 is 0. The Morgan fingerprint density at radius 3 is 2.58 bits per heavy atom. The van der Waals surface area contributed by atoms with E-state index >= 15 is 0 Å². The third-order valence-electron chi connectivity index (χ3n) is 4.11. The Morgan fingerprint density at radius 1 is 1.08 bits per heavy atom. The number of carbonyl (C=O) groups excluding carboxylic acids is 1. The molecule has 1 aromatic carbocycles. The summed E-state index contributed by atoms with van der Waals surface area (Å²) in [4.78, 5) is 13.9. The van der Waals surface area contributed by atoms with Crippen LogP contribution < -0.4 is 10.2 Å². The van der Waals surface area contributed by atoms with Crippen molar-refractivity contribution in [3.8, 4) is 22.4 Å². The van der Waals surface area contributed by atoms with Crippen LogP contribution in [0.25, 0.3) is 22.4 Å². The lowest BCUT2D eigenvalue weighted by Crippen LogP contribution is -2.11. The number of nitrogens with one attached hydrogen (secondary N) is 2. The zero-order chi connectivity index (χ0) is 16.7. The molecule has 1 amide bonds. The van der Waals surface area contributed by atoms with Gasteiger partial charge < -0.3 is 10.2 Å². The molecule has 4 rings (SSSR count). The molecule has 7 nitrogen and oxygen atoms in total. The molecular weight excluding hydrogens is 304 g/mol. The predicted molar refractivity (Wildman–Crippen MR) is 91.7 cm³/mol. The fourth-order valence-corrected chi connectivity index (χ4v) is 2.91. The summed E-state index contributed by atoms with van der Waals surface area (Å²) in [5.41, 5.74) is 5.35. The van der Waals surface area contributed by atoms with Crippen LogP contribution in [0.3, 0.4) is 0 Å². The van der Waals surface area contributed by atoms with E-state index in [9.17, 15) is 4.79 Å². The minimum absolute atomic E-state index is 0.0138. The summed E-state index contributed by atoms with van der Waals surface area (Å²) in [6.07, 6.45) is 3.93. The normalized spacial score (nSPS) is 12.8. The number of hydrogen-bond acceptors (Lipinski definition) is 5. The Bertz CT molecular complexity index is 900. The molecule has 0 unspecified atom stereocenters. The van der Waals surface area contributed by atoms with Gasteiger partial charge in [-0.05, 0) is 23.3 Å². The van der Waals surface area contributed by atoms with Crippen LogP contribution in [0, 0.1) is 0 Å². The fourth-order valence-electron chi connectivity index (χ4n) is 2.91. The van der Waals surface area contributed by atoms with E-state index in [1.807, 2.05) is 49.5 Å². The number of anilines is 2. The highest BCUT2D eigenvalue weighted by Crippen LogP contribution is 2.39. The van der Waals surface area contributed by atoms with E-state index in [4.69, 9.17) is 0 Å². The third kappa shape index (κ3) is 2.30. The molecule has 0 bridgehead atoms. The Balaban J connectivity index is 1.83. The highest BCUT2D eigenvalue weighted by Gasteiger charge is 2.25. The van der Waals surface area contributed by atoms with Gasteiger partial charge in [-0.1, -0.05) is 12.1 Å². The quantitative estimate of drug-likeness (QED) is 0.771. The van der Waals surface area contributed by atoms with E-state index in [0.717, 1.165) is 39.5 Å². The molecule has 3 heterocycles. The summed E-state index contributed by atoms with van der Waals surface area (Å²) in [6, 6.07) is 7.79.